The van der Waals surface area contributed by atoms with Crippen molar-refractivity contribution in [1.82, 2.24) is 4.90 Å². The molecule has 6 heteroatoms. The Morgan fingerprint density at radius 2 is 2.10 bits per heavy atom. The Bertz CT molecular complexity index is 529. The molecule has 1 aromatic rings. The van der Waals surface area contributed by atoms with Gasteiger partial charge >= 0.3 is 0 Å². The molecule has 2 rings (SSSR count). The molecule has 1 saturated heterocycles. The number of phenols is 2. The Labute approximate surface area is 123 Å². The van der Waals surface area contributed by atoms with Crippen LogP contribution in [0.2, 0.25) is 0 Å². The van der Waals surface area contributed by atoms with Crippen molar-refractivity contribution >= 4 is 5.91 Å². The van der Waals surface area contributed by atoms with Crippen LogP contribution in [0.3, 0.4) is 0 Å². The lowest BCUT2D eigenvalue weighted by Crippen LogP contribution is -2.46. The summed E-state index contributed by atoms with van der Waals surface area (Å²) in [7, 11) is 0. The SMILES string of the molecule is CC(C)c1cc(C(=O)N2CCOC(CO)C2)c(O)cc1O. The number of rotatable bonds is 3. The van der Waals surface area contributed by atoms with E-state index >= 15 is 0 Å². The molecule has 21 heavy (non-hydrogen) atoms. The van der Waals surface area contributed by atoms with Crippen LogP contribution in [0.15, 0.2) is 12.1 Å². The summed E-state index contributed by atoms with van der Waals surface area (Å²) in [4.78, 5) is 14.1. The van der Waals surface area contributed by atoms with Crippen molar-refractivity contribution in [1.29, 1.82) is 0 Å². The minimum absolute atomic E-state index is 0.0192. The average Bonchev–Trinajstić information content (AvgIpc) is 2.46. The Morgan fingerprint density at radius 3 is 2.71 bits per heavy atom. The standard InChI is InChI=1S/C15H21NO5/c1-9(2)11-5-12(14(19)6-13(11)18)15(20)16-3-4-21-10(7-16)8-17/h5-6,9-10,17-19H,3-4,7-8H2,1-2H3. The summed E-state index contributed by atoms with van der Waals surface area (Å²) in [5.41, 5.74) is 0.776. The lowest BCUT2D eigenvalue weighted by molar-refractivity contribution is -0.0447. The molecule has 1 unspecified atom stereocenters. The molecule has 1 aliphatic rings. The zero-order valence-electron chi connectivity index (χ0n) is 12.2. The number of aliphatic hydroxyl groups is 1. The quantitative estimate of drug-likeness (QED) is 0.775. The first-order chi connectivity index (χ1) is 9.93. The van der Waals surface area contributed by atoms with E-state index in [2.05, 4.69) is 0 Å². The fourth-order valence-electron chi connectivity index (χ4n) is 2.41. The molecule has 1 aromatic carbocycles. The van der Waals surface area contributed by atoms with Crippen LogP contribution in [-0.2, 0) is 4.74 Å². The topological polar surface area (TPSA) is 90.2 Å². The van der Waals surface area contributed by atoms with E-state index in [0.717, 1.165) is 0 Å². The lowest BCUT2D eigenvalue weighted by atomic mass is 9.98. The van der Waals surface area contributed by atoms with E-state index in [1.165, 1.54) is 12.1 Å². The molecule has 0 spiro atoms. The molecule has 1 heterocycles. The van der Waals surface area contributed by atoms with Gasteiger partial charge in [-0.15, -0.1) is 0 Å². The van der Waals surface area contributed by atoms with Gasteiger partial charge < -0.3 is 25.0 Å². The third-order valence-electron chi connectivity index (χ3n) is 3.63. The highest BCUT2D eigenvalue weighted by Crippen LogP contribution is 2.33. The molecule has 116 valence electrons. The molecule has 1 amide bonds. The Kier molecular flexibility index (Phi) is 4.69. The summed E-state index contributed by atoms with van der Waals surface area (Å²) in [6, 6.07) is 2.73. The van der Waals surface area contributed by atoms with Crippen LogP contribution in [-0.4, -0.2) is 58.5 Å². The number of hydrogen-bond acceptors (Lipinski definition) is 5. The van der Waals surface area contributed by atoms with E-state index in [0.29, 0.717) is 18.7 Å². The highest BCUT2D eigenvalue weighted by atomic mass is 16.5. The van der Waals surface area contributed by atoms with E-state index in [4.69, 9.17) is 9.84 Å². The van der Waals surface area contributed by atoms with Gasteiger partial charge in [0.25, 0.3) is 5.91 Å². The van der Waals surface area contributed by atoms with Gasteiger partial charge in [-0.05, 0) is 17.5 Å². The molecular formula is C15H21NO5. The van der Waals surface area contributed by atoms with E-state index in [1.807, 2.05) is 13.8 Å². The van der Waals surface area contributed by atoms with Crippen molar-refractivity contribution in [3.8, 4) is 11.5 Å². The smallest absolute Gasteiger partial charge is 0.257 e. The van der Waals surface area contributed by atoms with Gasteiger partial charge in [-0.1, -0.05) is 13.8 Å². The van der Waals surface area contributed by atoms with Gasteiger partial charge in [0.05, 0.1) is 24.9 Å². The number of amides is 1. The molecule has 1 fully saturated rings. The first-order valence-corrected chi connectivity index (χ1v) is 7.01. The maximum absolute atomic E-state index is 12.5. The molecule has 1 atom stereocenters. The Balaban J connectivity index is 2.28. The average molecular weight is 295 g/mol. The number of aliphatic hydroxyl groups excluding tert-OH is 1. The van der Waals surface area contributed by atoms with E-state index in [1.54, 1.807) is 4.90 Å². The van der Waals surface area contributed by atoms with Crippen molar-refractivity contribution < 1.29 is 24.9 Å². The third-order valence-corrected chi connectivity index (χ3v) is 3.63. The predicted octanol–water partition coefficient (Wildman–Crippen LogP) is 1.05. The van der Waals surface area contributed by atoms with Crippen LogP contribution in [0.1, 0.15) is 35.7 Å². The van der Waals surface area contributed by atoms with Gasteiger partial charge in [-0.2, -0.15) is 0 Å². The third kappa shape index (κ3) is 3.28. The number of morpholine rings is 1. The number of phenolic OH excluding ortho intramolecular Hbond substituents is 2. The number of benzene rings is 1. The number of ether oxygens (including phenoxy) is 1. The summed E-state index contributed by atoms with van der Waals surface area (Å²) in [6.45, 7) is 4.70. The number of aromatic hydroxyl groups is 2. The minimum Gasteiger partial charge on any atom is -0.508 e. The second-order valence-corrected chi connectivity index (χ2v) is 5.51. The van der Waals surface area contributed by atoms with E-state index in [-0.39, 0.29) is 42.0 Å². The van der Waals surface area contributed by atoms with Gasteiger partial charge in [-0.25, -0.2) is 0 Å². The largest absolute Gasteiger partial charge is 0.508 e. The number of carbonyl (C=O) groups excluding carboxylic acids is 1. The molecule has 6 nitrogen and oxygen atoms in total. The van der Waals surface area contributed by atoms with Crippen molar-refractivity contribution in [2.75, 3.05) is 26.3 Å². The molecule has 0 aromatic heterocycles. The number of carbonyl (C=O) groups is 1. The molecule has 1 aliphatic heterocycles. The summed E-state index contributed by atoms with van der Waals surface area (Å²) in [5, 5.41) is 28.9. The maximum atomic E-state index is 12.5. The fraction of sp³-hybridized carbons (Fsp3) is 0.533. The Morgan fingerprint density at radius 1 is 1.38 bits per heavy atom. The Hall–Kier alpha value is -1.79. The molecule has 3 N–H and O–H groups in total. The van der Waals surface area contributed by atoms with Crippen LogP contribution in [0.25, 0.3) is 0 Å². The molecular weight excluding hydrogens is 274 g/mol. The fourth-order valence-corrected chi connectivity index (χ4v) is 2.41. The molecule has 0 aliphatic carbocycles. The van der Waals surface area contributed by atoms with Gasteiger partial charge in [0.15, 0.2) is 0 Å². The van der Waals surface area contributed by atoms with Crippen molar-refractivity contribution in [2.45, 2.75) is 25.9 Å². The number of hydrogen-bond donors (Lipinski definition) is 3. The normalized spacial score (nSPS) is 19.0. The monoisotopic (exact) mass is 295 g/mol. The molecule has 0 bridgehead atoms. The van der Waals surface area contributed by atoms with E-state index in [9.17, 15) is 15.0 Å². The van der Waals surface area contributed by atoms with E-state index < -0.39 is 6.10 Å². The first-order valence-electron chi connectivity index (χ1n) is 7.01. The second-order valence-electron chi connectivity index (χ2n) is 5.51. The predicted molar refractivity (Wildman–Crippen MR) is 76.6 cm³/mol. The minimum atomic E-state index is -0.397. The highest BCUT2D eigenvalue weighted by Gasteiger charge is 2.27. The van der Waals surface area contributed by atoms with Crippen LogP contribution in [0.4, 0.5) is 0 Å². The van der Waals surface area contributed by atoms with Crippen molar-refractivity contribution in [2.24, 2.45) is 0 Å². The first kappa shape index (κ1) is 15.6. The maximum Gasteiger partial charge on any atom is 0.257 e. The van der Waals surface area contributed by atoms with Gasteiger partial charge in [0.2, 0.25) is 0 Å². The zero-order chi connectivity index (χ0) is 15.6. The summed E-state index contributed by atoms with van der Waals surface area (Å²) >= 11 is 0. The van der Waals surface area contributed by atoms with Crippen LogP contribution in [0, 0.1) is 0 Å². The second kappa shape index (κ2) is 6.32. The molecule has 0 saturated carbocycles. The van der Waals surface area contributed by atoms with Gasteiger partial charge in [-0.3, -0.25) is 4.79 Å². The van der Waals surface area contributed by atoms with Crippen molar-refractivity contribution in [3.05, 3.63) is 23.3 Å². The van der Waals surface area contributed by atoms with Gasteiger partial charge in [0, 0.05) is 19.2 Å². The molecule has 0 radical (unpaired) electrons. The lowest BCUT2D eigenvalue weighted by Gasteiger charge is -2.32. The van der Waals surface area contributed by atoms with Crippen LogP contribution in [0.5, 0.6) is 11.5 Å². The number of nitrogens with zero attached hydrogens (tertiary/aromatic N) is 1. The van der Waals surface area contributed by atoms with Crippen LogP contribution < -0.4 is 0 Å². The highest BCUT2D eigenvalue weighted by molar-refractivity contribution is 5.97. The summed E-state index contributed by atoms with van der Waals surface area (Å²) in [5.74, 6) is -0.550. The van der Waals surface area contributed by atoms with Crippen LogP contribution >= 0.6 is 0 Å². The van der Waals surface area contributed by atoms with Crippen molar-refractivity contribution in [3.63, 3.8) is 0 Å². The summed E-state index contributed by atoms with van der Waals surface area (Å²) in [6.07, 6.45) is -0.397. The van der Waals surface area contributed by atoms with Gasteiger partial charge in [0.1, 0.15) is 11.5 Å². The summed E-state index contributed by atoms with van der Waals surface area (Å²) < 4.78 is 5.31. The zero-order valence-corrected chi connectivity index (χ0v) is 12.2.